The Hall–Kier alpha value is -3.08. The van der Waals surface area contributed by atoms with E-state index >= 15 is 0 Å². The van der Waals surface area contributed by atoms with E-state index in [-0.39, 0.29) is 22.6 Å². The number of anilines is 2. The number of sulfonamides is 1. The number of benzene rings is 2. The Morgan fingerprint density at radius 1 is 1.22 bits per heavy atom. The van der Waals surface area contributed by atoms with Crippen LogP contribution in [0.1, 0.15) is 5.56 Å². The zero-order chi connectivity index (χ0) is 20.4. The van der Waals surface area contributed by atoms with Crippen LogP contribution in [0.3, 0.4) is 0 Å². The fourth-order valence-electron chi connectivity index (χ4n) is 2.37. The second kappa shape index (κ2) is 7.66. The highest BCUT2D eigenvalue weighted by Gasteiger charge is 2.25. The molecular formula is C16H15F2N3O5S. The zero-order valence-corrected chi connectivity index (χ0v) is 15.1. The van der Waals surface area contributed by atoms with Crippen LogP contribution in [-0.2, 0) is 14.8 Å². The van der Waals surface area contributed by atoms with Crippen molar-refractivity contribution in [1.82, 2.24) is 0 Å². The Bertz CT molecular complexity index is 1010. The molecule has 2 aromatic rings. The van der Waals surface area contributed by atoms with Crippen LogP contribution in [0, 0.1) is 28.7 Å². The molecule has 0 bridgehead atoms. The van der Waals surface area contributed by atoms with Crippen LogP contribution in [-0.4, -0.2) is 32.0 Å². The molecule has 2 rings (SSSR count). The van der Waals surface area contributed by atoms with Gasteiger partial charge in [0.05, 0.1) is 22.4 Å². The van der Waals surface area contributed by atoms with Crippen molar-refractivity contribution in [2.45, 2.75) is 6.92 Å². The van der Waals surface area contributed by atoms with E-state index in [2.05, 4.69) is 5.32 Å². The monoisotopic (exact) mass is 399 g/mol. The van der Waals surface area contributed by atoms with E-state index in [1.807, 2.05) is 0 Å². The molecule has 0 aliphatic carbocycles. The van der Waals surface area contributed by atoms with Gasteiger partial charge in [0.15, 0.2) is 11.6 Å². The fourth-order valence-corrected chi connectivity index (χ4v) is 3.27. The minimum atomic E-state index is -3.97. The molecule has 27 heavy (non-hydrogen) atoms. The fraction of sp³-hybridized carbons (Fsp3) is 0.188. The molecule has 0 fully saturated rings. The van der Waals surface area contributed by atoms with Gasteiger partial charge in [-0.25, -0.2) is 17.2 Å². The third-order valence-electron chi connectivity index (χ3n) is 3.63. The third-order valence-corrected chi connectivity index (χ3v) is 4.76. The van der Waals surface area contributed by atoms with E-state index in [0.717, 1.165) is 24.5 Å². The number of nitrogens with one attached hydrogen (secondary N) is 1. The van der Waals surface area contributed by atoms with E-state index in [1.54, 1.807) is 0 Å². The molecule has 0 spiro atoms. The van der Waals surface area contributed by atoms with Crippen LogP contribution < -0.4 is 9.62 Å². The van der Waals surface area contributed by atoms with Crippen LogP contribution >= 0.6 is 0 Å². The Balaban J connectivity index is 2.33. The van der Waals surface area contributed by atoms with Gasteiger partial charge in [-0.15, -0.1) is 0 Å². The lowest BCUT2D eigenvalue weighted by molar-refractivity contribution is -0.385. The summed E-state index contributed by atoms with van der Waals surface area (Å²) in [5, 5.41) is 13.3. The minimum absolute atomic E-state index is 0.0351. The predicted octanol–water partition coefficient (Wildman–Crippen LogP) is 2.59. The van der Waals surface area contributed by atoms with Gasteiger partial charge >= 0.3 is 0 Å². The summed E-state index contributed by atoms with van der Waals surface area (Å²) in [5.74, 6) is -3.11. The second-order valence-electron chi connectivity index (χ2n) is 5.63. The van der Waals surface area contributed by atoms with Gasteiger partial charge in [0.2, 0.25) is 15.9 Å². The van der Waals surface area contributed by atoms with Crippen molar-refractivity contribution in [3.63, 3.8) is 0 Å². The number of rotatable bonds is 6. The van der Waals surface area contributed by atoms with Gasteiger partial charge in [-0.3, -0.25) is 19.2 Å². The molecule has 0 heterocycles. The maximum atomic E-state index is 13.2. The number of hydrogen-bond donors (Lipinski definition) is 1. The summed E-state index contributed by atoms with van der Waals surface area (Å²) in [6.07, 6.45) is 0.843. The summed E-state index contributed by atoms with van der Waals surface area (Å²) < 4.78 is 51.1. The second-order valence-corrected chi connectivity index (χ2v) is 7.53. The van der Waals surface area contributed by atoms with Gasteiger partial charge in [0.1, 0.15) is 6.54 Å². The Morgan fingerprint density at radius 2 is 1.89 bits per heavy atom. The quantitative estimate of drug-likeness (QED) is 0.593. The van der Waals surface area contributed by atoms with E-state index in [1.165, 1.54) is 25.1 Å². The third kappa shape index (κ3) is 4.76. The van der Waals surface area contributed by atoms with Crippen molar-refractivity contribution in [3.05, 3.63) is 63.7 Å². The van der Waals surface area contributed by atoms with Gasteiger partial charge in [-0.05, 0) is 25.1 Å². The molecule has 0 atom stereocenters. The lowest BCUT2D eigenvalue weighted by atomic mass is 10.1. The normalized spacial score (nSPS) is 11.1. The van der Waals surface area contributed by atoms with Crippen molar-refractivity contribution in [2.24, 2.45) is 0 Å². The van der Waals surface area contributed by atoms with Crippen LogP contribution in [0.5, 0.6) is 0 Å². The van der Waals surface area contributed by atoms with Gasteiger partial charge in [0, 0.05) is 17.8 Å². The average Bonchev–Trinajstić information content (AvgIpc) is 2.55. The first-order chi connectivity index (χ1) is 12.5. The maximum Gasteiger partial charge on any atom is 0.274 e. The summed E-state index contributed by atoms with van der Waals surface area (Å²) in [6, 6.07) is 6.50. The molecule has 0 saturated heterocycles. The summed E-state index contributed by atoms with van der Waals surface area (Å²) in [5.41, 5.74) is -0.342. The van der Waals surface area contributed by atoms with Crippen LogP contribution in [0.4, 0.5) is 25.8 Å². The summed E-state index contributed by atoms with van der Waals surface area (Å²) in [7, 11) is -3.97. The van der Waals surface area contributed by atoms with E-state index < -0.39 is 39.0 Å². The topological polar surface area (TPSA) is 110 Å². The number of carbonyl (C=O) groups excluding carboxylic acids is 1. The van der Waals surface area contributed by atoms with Gasteiger partial charge in [-0.1, -0.05) is 6.07 Å². The highest BCUT2D eigenvalue weighted by atomic mass is 32.2. The highest BCUT2D eigenvalue weighted by molar-refractivity contribution is 7.92. The molecular weight excluding hydrogens is 384 g/mol. The van der Waals surface area contributed by atoms with Gasteiger partial charge < -0.3 is 5.32 Å². The summed E-state index contributed by atoms with van der Waals surface area (Å²) in [4.78, 5) is 22.6. The van der Waals surface area contributed by atoms with E-state index in [4.69, 9.17) is 0 Å². The molecule has 0 aromatic heterocycles. The van der Waals surface area contributed by atoms with Crippen molar-refractivity contribution < 1.29 is 26.9 Å². The molecule has 1 amide bonds. The Kier molecular flexibility index (Phi) is 5.74. The smallest absolute Gasteiger partial charge is 0.274 e. The number of carbonyl (C=O) groups is 1. The van der Waals surface area contributed by atoms with Gasteiger partial charge in [0.25, 0.3) is 5.69 Å². The predicted molar refractivity (Wildman–Crippen MR) is 95.0 cm³/mol. The molecule has 144 valence electrons. The van der Waals surface area contributed by atoms with E-state index in [9.17, 15) is 32.1 Å². The average molecular weight is 399 g/mol. The first-order valence-electron chi connectivity index (χ1n) is 7.47. The zero-order valence-electron chi connectivity index (χ0n) is 14.3. The molecule has 0 aliphatic rings. The first-order valence-corrected chi connectivity index (χ1v) is 9.32. The minimum Gasteiger partial charge on any atom is -0.324 e. The molecule has 0 radical (unpaired) electrons. The Labute approximate surface area is 153 Å². The van der Waals surface area contributed by atoms with Crippen molar-refractivity contribution in [2.75, 3.05) is 22.4 Å². The van der Waals surface area contributed by atoms with Crippen LogP contribution in [0.2, 0.25) is 0 Å². The lowest BCUT2D eigenvalue weighted by Crippen LogP contribution is -2.38. The SMILES string of the molecule is Cc1c(N(CC(=O)Nc2ccc(F)c(F)c2)S(C)(=O)=O)cccc1[N+](=O)[O-]. The summed E-state index contributed by atoms with van der Waals surface area (Å²) in [6.45, 7) is 0.652. The molecule has 0 saturated carbocycles. The summed E-state index contributed by atoms with van der Waals surface area (Å²) >= 11 is 0. The molecule has 2 aromatic carbocycles. The van der Waals surface area contributed by atoms with Crippen LogP contribution in [0.15, 0.2) is 36.4 Å². The maximum absolute atomic E-state index is 13.2. The number of nitro groups is 1. The van der Waals surface area contributed by atoms with E-state index in [0.29, 0.717) is 4.31 Å². The number of nitrogens with zero attached hydrogens (tertiary/aromatic N) is 2. The standard InChI is InChI=1S/C16H15F2N3O5S/c1-10-14(4-3-5-15(10)21(23)24)20(27(2,25)26)9-16(22)19-11-6-7-12(17)13(18)8-11/h3-8H,9H2,1-2H3,(H,19,22). The van der Waals surface area contributed by atoms with Crippen molar-refractivity contribution in [1.29, 1.82) is 0 Å². The number of hydrogen-bond acceptors (Lipinski definition) is 5. The van der Waals surface area contributed by atoms with Crippen molar-refractivity contribution in [3.8, 4) is 0 Å². The molecule has 0 aliphatic heterocycles. The largest absolute Gasteiger partial charge is 0.324 e. The highest BCUT2D eigenvalue weighted by Crippen LogP contribution is 2.29. The number of halogens is 2. The lowest BCUT2D eigenvalue weighted by Gasteiger charge is -2.23. The molecule has 0 unspecified atom stereocenters. The van der Waals surface area contributed by atoms with Crippen molar-refractivity contribution >= 4 is 33.0 Å². The number of amides is 1. The van der Waals surface area contributed by atoms with Gasteiger partial charge in [-0.2, -0.15) is 0 Å². The first kappa shape index (κ1) is 20.2. The Morgan fingerprint density at radius 3 is 2.44 bits per heavy atom. The molecule has 8 nitrogen and oxygen atoms in total. The van der Waals surface area contributed by atoms with Crippen LogP contribution in [0.25, 0.3) is 0 Å². The molecule has 1 N–H and O–H groups in total. The number of nitro benzene ring substituents is 1. The molecule has 11 heteroatoms.